The number of likely N-dealkylation sites (N-methyl/N-ethyl adjacent to an activating group) is 1. The summed E-state index contributed by atoms with van der Waals surface area (Å²) in [4.78, 5) is 0. The van der Waals surface area contributed by atoms with E-state index in [1.807, 2.05) is 11.8 Å². The highest BCUT2D eigenvalue weighted by Crippen LogP contribution is 2.24. The molecule has 0 saturated carbocycles. The molecule has 0 aliphatic carbocycles. The minimum atomic E-state index is 0.344. The summed E-state index contributed by atoms with van der Waals surface area (Å²) < 4.78 is 0.344. The summed E-state index contributed by atoms with van der Waals surface area (Å²) >= 11 is 2.03. The van der Waals surface area contributed by atoms with Crippen LogP contribution >= 0.6 is 11.8 Å². The molecule has 0 saturated heterocycles. The molecule has 19 heavy (non-hydrogen) atoms. The first-order valence-electron chi connectivity index (χ1n) is 7.22. The van der Waals surface area contributed by atoms with E-state index in [1.165, 1.54) is 11.1 Å². The summed E-state index contributed by atoms with van der Waals surface area (Å²) in [5.41, 5.74) is 2.85. The molecule has 0 spiro atoms. The Morgan fingerprint density at radius 3 is 2.11 bits per heavy atom. The second-order valence-electron chi connectivity index (χ2n) is 6.51. The molecule has 0 aliphatic heterocycles. The Balaban J connectivity index is 2.55. The Hall–Kier alpha value is -0.470. The summed E-state index contributed by atoms with van der Waals surface area (Å²) in [5.74, 6) is 1.77. The molecule has 0 radical (unpaired) electrons. The largest absolute Gasteiger partial charge is 0.316 e. The van der Waals surface area contributed by atoms with E-state index in [4.69, 9.17) is 0 Å². The molecule has 0 fully saturated rings. The van der Waals surface area contributed by atoms with Crippen LogP contribution in [0.3, 0.4) is 0 Å². The van der Waals surface area contributed by atoms with Crippen LogP contribution in [0, 0.1) is 0 Å². The Kier molecular flexibility index (Phi) is 6.41. The van der Waals surface area contributed by atoms with Crippen LogP contribution in [0.2, 0.25) is 0 Å². The smallest absolute Gasteiger partial charge is 0.0195 e. The predicted octanol–water partition coefficient (Wildman–Crippen LogP) is 4.47. The van der Waals surface area contributed by atoms with Gasteiger partial charge in [-0.25, -0.2) is 0 Å². The van der Waals surface area contributed by atoms with Gasteiger partial charge in [-0.15, -0.1) is 0 Å². The van der Waals surface area contributed by atoms with Crippen LogP contribution in [-0.2, 0) is 6.42 Å². The van der Waals surface area contributed by atoms with Crippen molar-refractivity contribution >= 4 is 11.8 Å². The quantitative estimate of drug-likeness (QED) is 0.824. The fourth-order valence-corrected chi connectivity index (χ4v) is 2.90. The van der Waals surface area contributed by atoms with Crippen molar-refractivity contribution in [3.05, 3.63) is 35.4 Å². The maximum absolute atomic E-state index is 3.44. The predicted molar refractivity (Wildman–Crippen MR) is 89.3 cm³/mol. The van der Waals surface area contributed by atoms with Gasteiger partial charge in [-0.2, -0.15) is 11.8 Å². The van der Waals surface area contributed by atoms with E-state index >= 15 is 0 Å². The van der Waals surface area contributed by atoms with Crippen LogP contribution in [0.4, 0.5) is 0 Å². The first kappa shape index (κ1) is 16.6. The van der Waals surface area contributed by atoms with E-state index in [0.717, 1.165) is 12.2 Å². The molecule has 0 bridgehead atoms. The molecule has 1 aromatic rings. The zero-order chi connectivity index (χ0) is 14.5. The molecule has 0 aliphatic rings. The number of benzene rings is 1. The van der Waals surface area contributed by atoms with Crippen molar-refractivity contribution in [3.63, 3.8) is 0 Å². The Bertz CT molecular complexity index is 362. The minimum Gasteiger partial charge on any atom is -0.316 e. The van der Waals surface area contributed by atoms with Crippen LogP contribution < -0.4 is 5.32 Å². The van der Waals surface area contributed by atoms with Gasteiger partial charge in [-0.3, -0.25) is 0 Å². The molecular formula is C17H29NS. The average Bonchev–Trinajstić information content (AvgIpc) is 2.34. The van der Waals surface area contributed by atoms with Crippen LogP contribution in [0.25, 0.3) is 0 Å². The van der Waals surface area contributed by atoms with Crippen molar-refractivity contribution in [2.24, 2.45) is 0 Å². The molecule has 1 aromatic carbocycles. The maximum Gasteiger partial charge on any atom is 0.0195 e. The molecule has 0 heterocycles. The lowest BCUT2D eigenvalue weighted by molar-refractivity contribution is 0.613. The van der Waals surface area contributed by atoms with Crippen molar-refractivity contribution in [2.45, 2.75) is 57.7 Å². The van der Waals surface area contributed by atoms with Gasteiger partial charge in [0.05, 0.1) is 0 Å². The number of hydrogen-bond donors (Lipinski definition) is 1. The van der Waals surface area contributed by atoms with Gasteiger partial charge in [0.15, 0.2) is 0 Å². The van der Waals surface area contributed by atoms with Crippen molar-refractivity contribution in [1.82, 2.24) is 5.32 Å². The standard InChI is InChI=1S/C17H29NS/c1-13(2)15-9-7-14(8-10-15)11-16(18-6)12-19-17(3,4)5/h7-10,13,16,18H,11-12H2,1-6H3. The zero-order valence-electron chi connectivity index (χ0n) is 13.3. The lowest BCUT2D eigenvalue weighted by atomic mass is 9.99. The highest BCUT2D eigenvalue weighted by molar-refractivity contribution is 8.00. The second-order valence-corrected chi connectivity index (χ2v) is 8.36. The third kappa shape index (κ3) is 6.49. The summed E-state index contributed by atoms with van der Waals surface area (Å²) in [7, 11) is 2.07. The summed E-state index contributed by atoms with van der Waals surface area (Å²) in [6, 6.07) is 9.64. The second kappa shape index (κ2) is 7.35. The number of hydrogen-bond acceptors (Lipinski definition) is 2. The lowest BCUT2D eigenvalue weighted by Crippen LogP contribution is -2.31. The van der Waals surface area contributed by atoms with Crippen LogP contribution in [0.15, 0.2) is 24.3 Å². The lowest BCUT2D eigenvalue weighted by Gasteiger charge is -2.23. The molecule has 2 heteroatoms. The summed E-state index contributed by atoms with van der Waals surface area (Å²) in [6.45, 7) is 11.3. The van der Waals surface area contributed by atoms with Crippen molar-refractivity contribution < 1.29 is 0 Å². The third-order valence-corrected chi connectivity index (χ3v) is 4.69. The molecule has 1 nitrogen and oxygen atoms in total. The van der Waals surface area contributed by atoms with E-state index < -0.39 is 0 Å². The van der Waals surface area contributed by atoms with Crippen molar-refractivity contribution in [2.75, 3.05) is 12.8 Å². The highest BCUT2D eigenvalue weighted by Gasteiger charge is 2.15. The van der Waals surface area contributed by atoms with Crippen molar-refractivity contribution in [1.29, 1.82) is 0 Å². The molecule has 0 aromatic heterocycles. The fourth-order valence-electron chi connectivity index (χ4n) is 1.92. The van der Waals surface area contributed by atoms with Gasteiger partial charge in [0, 0.05) is 16.5 Å². The molecule has 1 N–H and O–H groups in total. The molecule has 1 atom stereocenters. The number of rotatable bonds is 6. The Labute approximate surface area is 123 Å². The molecule has 1 unspecified atom stereocenters. The Morgan fingerprint density at radius 1 is 1.11 bits per heavy atom. The zero-order valence-corrected chi connectivity index (χ0v) is 14.1. The van der Waals surface area contributed by atoms with Gasteiger partial charge in [-0.05, 0) is 30.5 Å². The minimum absolute atomic E-state index is 0.344. The molecule has 1 rings (SSSR count). The first-order valence-corrected chi connectivity index (χ1v) is 8.20. The van der Waals surface area contributed by atoms with E-state index in [1.54, 1.807) is 0 Å². The van der Waals surface area contributed by atoms with Crippen LogP contribution in [-0.4, -0.2) is 23.6 Å². The molecular weight excluding hydrogens is 250 g/mol. The third-order valence-electron chi connectivity index (χ3n) is 3.25. The maximum atomic E-state index is 3.44. The van der Waals surface area contributed by atoms with Crippen LogP contribution in [0.5, 0.6) is 0 Å². The van der Waals surface area contributed by atoms with Gasteiger partial charge in [0.25, 0.3) is 0 Å². The van der Waals surface area contributed by atoms with Gasteiger partial charge < -0.3 is 5.32 Å². The monoisotopic (exact) mass is 279 g/mol. The van der Waals surface area contributed by atoms with Gasteiger partial charge in [-0.1, -0.05) is 58.9 Å². The topological polar surface area (TPSA) is 12.0 Å². The number of nitrogens with one attached hydrogen (secondary N) is 1. The average molecular weight is 279 g/mol. The summed E-state index contributed by atoms with van der Waals surface area (Å²) in [5, 5.41) is 3.44. The van der Waals surface area contributed by atoms with Gasteiger partial charge in [0.1, 0.15) is 0 Å². The van der Waals surface area contributed by atoms with Gasteiger partial charge >= 0.3 is 0 Å². The van der Waals surface area contributed by atoms with Crippen LogP contribution in [0.1, 0.15) is 51.7 Å². The van der Waals surface area contributed by atoms with Crippen molar-refractivity contribution in [3.8, 4) is 0 Å². The van der Waals surface area contributed by atoms with Gasteiger partial charge in [0.2, 0.25) is 0 Å². The normalized spacial score (nSPS) is 13.8. The first-order chi connectivity index (χ1) is 8.81. The van der Waals surface area contributed by atoms with E-state index in [2.05, 4.69) is 71.2 Å². The number of thioether (sulfide) groups is 1. The molecule has 0 amide bonds. The molecule has 108 valence electrons. The SMILES string of the molecule is CNC(CSC(C)(C)C)Cc1ccc(C(C)C)cc1. The van der Waals surface area contributed by atoms with E-state index in [9.17, 15) is 0 Å². The fraction of sp³-hybridized carbons (Fsp3) is 0.647. The van der Waals surface area contributed by atoms with E-state index in [-0.39, 0.29) is 0 Å². The summed E-state index contributed by atoms with van der Waals surface area (Å²) in [6.07, 6.45) is 1.11. The van der Waals surface area contributed by atoms with E-state index in [0.29, 0.717) is 16.7 Å². The Morgan fingerprint density at radius 2 is 1.68 bits per heavy atom. The highest BCUT2D eigenvalue weighted by atomic mass is 32.2.